The lowest BCUT2D eigenvalue weighted by molar-refractivity contribution is 0.755. The second-order valence-corrected chi connectivity index (χ2v) is 4.63. The molecule has 1 aromatic carbocycles. The van der Waals surface area contributed by atoms with Crippen LogP contribution in [0.3, 0.4) is 0 Å². The summed E-state index contributed by atoms with van der Waals surface area (Å²) in [6, 6.07) is 5.93. The highest BCUT2D eigenvalue weighted by Crippen LogP contribution is 2.26. The normalized spacial score (nSPS) is 19.1. The van der Waals surface area contributed by atoms with E-state index in [0.717, 1.165) is 21.2 Å². The van der Waals surface area contributed by atoms with Crippen LogP contribution in [-0.4, -0.2) is 22.5 Å². The molecule has 3 N–H and O–H groups in total. The number of rotatable bonds is 1. The Bertz CT molecular complexity index is 610. The van der Waals surface area contributed by atoms with E-state index in [2.05, 4.69) is 36.2 Å². The molecule has 0 bridgehead atoms. The SMILES string of the molecule is NC1=NC(c2cccc3nc(Br)cnc23)CN1. The summed E-state index contributed by atoms with van der Waals surface area (Å²) in [4.78, 5) is 13.1. The van der Waals surface area contributed by atoms with Gasteiger partial charge in [0, 0.05) is 12.1 Å². The number of para-hydroxylation sites is 1. The first-order valence-corrected chi connectivity index (χ1v) is 6.01. The molecule has 1 aliphatic rings. The summed E-state index contributed by atoms with van der Waals surface area (Å²) >= 11 is 3.32. The van der Waals surface area contributed by atoms with Crippen molar-refractivity contribution in [2.24, 2.45) is 10.7 Å². The topological polar surface area (TPSA) is 76.2 Å². The maximum absolute atomic E-state index is 5.63. The highest BCUT2D eigenvalue weighted by Gasteiger charge is 2.19. The van der Waals surface area contributed by atoms with Gasteiger partial charge in [0.1, 0.15) is 4.60 Å². The summed E-state index contributed by atoms with van der Waals surface area (Å²) in [6.07, 6.45) is 1.70. The molecule has 2 heterocycles. The lowest BCUT2D eigenvalue weighted by Crippen LogP contribution is -2.26. The summed E-state index contributed by atoms with van der Waals surface area (Å²) in [5.74, 6) is 0.483. The molecule has 86 valence electrons. The van der Waals surface area contributed by atoms with Crippen molar-refractivity contribution in [1.82, 2.24) is 15.3 Å². The number of nitrogens with two attached hydrogens (primary N) is 1. The fourth-order valence-corrected chi connectivity index (χ4v) is 2.24. The molecule has 3 rings (SSSR count). The van der Waals surface area contributed by atoms with E-state index in [1.165, 1.54) is 0 Å². The van der Waals surface area contributed by atoms with Gasteiger partial charge in [0.2, 0.25) is 0 Å². The lowest BCUT2D eigenvalue weighted by atomic mass is 10.1. The summed E-state index contributed by atoms with van der Waals surface area (Å²) < 4.78 is 0.731. The Morgan fingerprint density at radius 2 is 2.29 bits per heavy atom. The lowest BCUT2D eigenvalue weighted by Gasteiger charge is -2.08. The third-order valence-corrected chi connectivity index (χ3v) is 3.09. The Morgan fingerprint density at radius 3 is 3.06 bits per heavy atom. The van der Waals surface area contributed by atoms with Crippen LogP contribution in [0.5, 0.6) is 0 Å². The zero-order chi connectivity index (χ0) is 11.8. The number of benzene rings is 1. The highest BCUT2D eigenvalue weighted by molar-refractivity contribution is 9.10. The molecule has 1 aromatic heterocycles. The van der Waals surface area contributed by atoms with Gasteiger partial charge in [0.15, 0.2) is 5.96 Å². The smallest absolute Gasteiger partial charge is 0.189 e. The van der Waals surface area contributed by atoms with E-state index in [1.807, 2.05) is 18.2 Å². The Hall–Kier alpha value is -1.69. The van der Waals surface area contributed by atoms with Crippen molar-refractivity contribution >= 4 is 32.9 Å². The van der Waals surface area contributed by atoms with Gasteiger partial charge >= 0.3 is 0 Å². The molecular formula is C11H10BrN5. The number of aromatic nitrogens is 2. The van der Waals surface area contributed by atoms with Gasteiger partial charge in [-0.15, -0.1) is 0 Å². The molecule has 0 radical (unpaired) electrons. The second kappa shape index (κ2) is 3.96. The van der Waals surface area contributed by atoms with Crippen LogP contribution in [0.2, 0.25) is 0 Å². The highest BCUT2D eigenvalue weighted by atomic mass is 79.9. The van der Waals surface area contributed by atoms with Crippen LogP contribution in [0.4, 0.5) is 0 Å². The van der Waals surface area contributed by atoms with Crippen molar-refractivity contribution in [2.75, 3.05) is 6.54 Å². The van der Waals surface area contributed by atoms with Crippen LogP contribution in [0.1, 0.15) is 11.6 Å². The van der Waals surface area contributed by atoms with E-state index in [0.29, 0.717) is 12.5 Å². The summed E-state index contributed by atoms with van der Waals surface area (Å²) in [6.45, 7) is 0.711. The molecule has 1 atom stereocenters. The summed E-state index contributed by atoms with van der Waals surface area (Å²) in [5, 5.41) is 3.01. The third-order valence-electron chi connectivity index (χ3n) is 2.70. The molecule has 0 saturated heterocycles. The molecule has 17 heavy (non-hydrogen) atoms. The van der Waals surface area contributed by atoms with Crippen LogP contribution >= 0.6 is 15.9 Å². The number of aliphatic imine (C=N–C) groups is 1. The average molecular weight is 292 g/mol. The first-order valence-electron chi connectivity index (χ1n) is 5.22. The fourth-order valence-electron chi connectivity index (χ4n) is 1.95. The molecule has 6 heteroatoms. The zero-order valence-corrected chi connectivity index (χ0v) is 10.5. The van der Waals surface area contributed by atoms with E-state index in [-0.39, 0.29) is 6.04 Å². The van der Waals surface area contributed by atoms with Crippen molar-refractivity contribution in [2.45, 2.75) is 6.04 Å². The summed E-state index contributed by atoms with van der Waals surface area (Å²) in [7, 11) is 0. The minimum absolute atomic E-state index is 0.0224. The number of guanidine groups is 1. The van der Waals surface area contributed by atoms with Crippen molar-refractivity contribution in [3.05, 3.63) is 34.6 Å². The second-order valence-electron chi connectivity index (χ2n) is 3.82. The molecule has 0 saturated carbocycles. The molecule has 0 aliphatic carbocycles. The molecule has 1 aliphatic heterocycles. The first kappa shape index (κ1) is 10.5. The minimum Gasteiger partial charge on any atom is -0.370 e. The molecule has 0 spiro atoms. The Balaban J connectivity index is 2.17. The van der Waals surface area contributed by atoms with Gasteiger partial charge < -0.3 is 11.1 Å². The number of halogens is 1. The van der Waals surface area contributed by atoms with Gasteiger partial charge in [-0.2, -0.15) is 0 Å². The van der Waals surface area contributed by atoms with Gasteiger partial charge in [0.05, 0.1) is 23.3 Å². The number of nitrogens with zero attached hydrogens (tertiary/aromatic N) is 3. The predicted molar refractivity (Wildman–Crippen MR) is 69.6 cm³/mol. The van der Waals surface area contributed by atoms with Gasteiger partial charge in [-0.1, -0.05) is 12.1 Å². The van der Waals surface area contributed by atoms with Crippen LogP contribution in [0.15, 0.2) is 34.0 Å². The summed E-state index contributed by atoms with van der Waals surface area (Å²) in [5.41, 5.74) is 8.41. The van der Waals surface area contributed by atoms with Crippen molar-refractivity contribution < 1.29 is 0 Å². The quantitative estimate of drug-likeness (QED) is 0.832. The molecule has 5 nitrogen and oxygen atoms in total. The van der Waals surface area contributed by atoms with Gasteiger partial charge in [-0.05, 0) is 22.0 Å². The van der Waals surface area contributed by atoms with Crippen LogP contribution in [-0.2, 0) is 0 Å². The maximum Gasteiger partial charge on any atom is 0.189 e. The first-order chi connectivity index (χ1) is 8.24. The van der Waals surface area contributed by atoms with Crippen LogP contribution in [0.25, 0.3) is 11.0 Å². The van der Waals surface area contributed by atoms with Crippen LogP contribution < -0.4 is 11.1 Å². The van der Waals surface area contributed by atoms with Crippen molar-refractivity contribution in [3.8, 4) is 0 Å². The number of fused-ring (bicyclic) bond motifs is 1. The van der Waals surface area contributed by atoms with E-state index in [1.54, 1.807) is 6.20 Å². The standard InChI is InChI=1S/C11H10BrN5/c12-9-5-14-10-6(2-1-3-7(10)16-9)8-4-15-11(13)17-8/h1-3,5,8H,4H2,(H3,13,15,17). The number of hydrogen-bond acceptors (Lipinski definition) is 5. The Labute approximate surface area is 106 Å². The van der Waals surface area contributed by atoms with Crippen molar-refractivity contribution in [1.29, 1.82) is 0 Å². The van der Waals surface area contributed by atoms with E-state index in [4.69, 9.17) is 5.73 Å². The van der Waals surface area contributed by atoms with E-state index >= 15 is 0 Å². The zero-order valence-electron chi connectivity index (χ0n) is 8.89. The number of hydrogen-bond donors (Lipinski definition) is 2. The van der Waals surface area contributed by atoms with Gasteiger partial charge in [0.25, 0.3) is 0 Å². The minimum atomic E-state index is 0.0224. The molecular weight excluding hydrogens is 282 g/mol. The molecule has 0 fully saturated rings. The third kappa shape index (κ3) is 1.84. The van der Waals surface area contributed by atoms with E-state index < -0.39 is 0 Å². The molecule has 2 aromatic rings. The molecule has 0 amide bonds. The number of nitrogens with one attached hydrogen (secondary N) is 1. The molecule has 1 unspecified atom stereocenters. The Morgan fingerprint density at radius 1 is 1.41 bits per heavy atom. The van der Waals surface area contributed by atoms with Crippen LogP contribution in [0, 0.1) is 0 Å². The Kier molecular flexibility index (Phi) is 2.44. The fraction of sp³-hybridized carbons (Fsp3) is 0.182. The average Bonchev–Trinajstić information content (AvgIpc) is 2.74. The van der Waals surface area contributed by atoms with Gasteiger partial charge in [-0.25, -0.2) is 9.98 Å². The maximum atomic E-state index is 5.63. The monoisotopic (exact) mass is 291 g/mol. The van der Waals surface area contributed by atoms with Crippen molar-refractivity contribution in [3.63, 3.8) is 0 Å². The van der Waals surface area contributed by atoms with Gasteiger partial charge in [-0.3, -0.25) is 4.98 Å². The largest absolute Gasteiger partial charge is 0.370 e. The predicted octanol–water partition coefficient (Wildman–Crippen LogP) is 1.35. The van der Waals surface area contributed by atoms with E-state index in [9.17, 15) is 0 Å².